The number of methoxy groups -OCH3 is 1. The molecule has 0 aromatic rings. The molecule has 1 amide bonds. The maximum absolute atomic E-state index is 11.2. The van der Waals surface area contributed by atoms with Gasteiger partial charge < -0.3 is 19.9 Å². The summed E-state index contributed by atoms with van der Waals surface area (Å²) in [5.41, 5.74) is 0. The molecule has 0 heterocycles. The Bertz CT molecular complexity index is 229. The number of carboxylic acids is 1. The van der Waals surface area contributed by atoms with Gasteiger partial charge in [-0.15, -0.1) is 0 Å². The molecule has 2 N–H and O–H groups in total. The fourth-order valence-corrected chi connectivity index (χ4v) is 0.919. The van der Waals surface area contributed by atoms with Crippen LogP contribution in [-0.4, -0.2) is 43.5 Å². The molecule has 0 bridgehead atoms. The fraction of sp³-hybridized carbons (Fsp3) is 0.800. The van der Waals surface area contributed by atoms with Crippen molar-refractivity contribution in [2.24, 2.45) is 5.92 Å². The van der Waals surface area contributed by atoms with Crippen LogP contribution in [0, 0.1) is 5.92 Å². The van der Waals surface area contributed by atoms with Gasteiger partial charge in [-0.25, -0.2) is 9.59 Å². The number of hydrogen-bond acceptors (Lipinski definition) is 4. The van der Waals surface area contributed by atoms with E-state index in [4.69, 9.17) is 14.6 Å². The van der Waals surface area contributed by atoms with Crippen molar-refractivity contribution in [1.29, 1.82) is 0 Å². The van der Waals surface area contributed by atoms with Crippen LogP contribution >= 0.6 is 0 Å². The Morgan fingerprint density at radius 1 is 1.38 bits per heavy atom. The van der Waals surface area contributed by atoms with Crippen molar-refractivity contribution in [2.45, 2.75) is 26.3 Å². The Labute approximate surface area is 94.9 Å². The standard InChI is InChI=1S/C10H19NO5/c1-7(2)6-16-10(14)11-8(9(12)13)4-5-15-3/h7-8H,4-6H2,1-3H3,(H,11,14)(H,12,13). The van der Waals surface area contributed by atoms with Gasteiger partial charge in [-0.2, -0.15) is 0 Å². The molecule has 6 heteroatoms. The number of ether oxygens (including phenoxy) is 2. The SMILES string of the molecule is COCCC(NC(=O)OCC(C)C)C(=O)O. The second-order valence-electron chi connectivity index (χ2n) is 3.81. The maximum Gasteiger partial charge on any atom is 0.407 e. The lowest BCUT2D eigenvalue weighted by atomic mass is 10.2. The van der Waals surface area contributed by atoms with E-state index in [1.54, 1.807) is 0 Å². The van der Waals surface area contributed by atoms with Crippen LogP contribution in [0.1, 0.15) is 20.3 Å². The molecule has 0 radical (unpaired) electrons. The number of carbonyl (C=O) groups excluding carboxylic acids is 1. The van der Waals surface area contributed by atoms with E-state index in [0.29, 0.717) is 0 Å². The van der Waals surface area contributed by atoms with E-state index in [1.165, 1.54) is 7.11 Å². The summed E-state index contributed by atoms with van der Waals surface area (Å²) in [7, 11) is 1.47. The molecule has 0 saturated heterocycles. The summed E-state index contributed by atoms with van der Waals surface area (Å²) < 4.78 is 9.56. The quantitative estimate of drug-likeness (QED) is 0.681. The average molecular weight is 233 g/mol. The monoisotopic (exact) mass is 233 g/mol. The molecule has 1 unspecified atom stereocenters. The van der Waals surface area contributed by atoms with E-state index in [2.05, 4.69) is 5.32 Å². The molecule has 6 nitrogen and oxygen atoms in total. The summed E-state index contributed by atoms with van der Waals surface area (Å²) in [6, 6.07) is -0.973. The molecule has 0 spiro atoms. The second kappa shape index (κ2) is 7.92. The van der Waals surface area contributed by atoms with Gasteiger partial charge in [0.05, 0.1) is 6.61 Å². The van der Waals surface area contributed by atoms with Gasteiger partial charge in [0.2, 0.25) is 0 Å². The van der Waals surface area contributed by atoms with Gasteiger partial charge >= 0.3 is 12.1 Å². The lowest BCUT2D eigenvalue weighted by molar-refractivity contribution is -0.139. The highest BCUT2D eigenvalue weighted by Gasteiger charge is 2.20. The van der Waals surface area contributed by atoms with Crippen molar-refractivity contribution < 1.29 is 24.2 Å². The van der Waals surface area contributed by atoms with Crippen molar-refractivity contribution >= 4 is 12.1 Å². The fourth-order valence-electron chi connectivity index (χ4n) is 0.919. The summed E-state index contributed by atoms with van der Waals surface area (Å²) in [5, 5.41) is 11.1. The molecule has 0 aliphatic rings. The molecule has 0 fully saturated rings. The molecule has 1 atom stereocenters. The van der Waals surface area contributed by atoms with E-state index < -0.39 is 18.1 Å². The smallest absolute Gasteiger partial charge is 0.407 e. The predicted octanol–water partition coefficient (Wildman–Crippen LogP) is 0.858. The van der Waals surface area contributed by atoms with E-state index in [-0.39, 0.29) is 25.6 Å². The van der Waals surface area contributed by atoms with Gasteiger partial charge in [0.25, 0.3) is 0 Å². The summed E-state index contributed by atoms with van der Waals surface area (Å²) in [5.74, 6) is -0.883. The van der Waals surface area contributed by atoms with Gasteiger partial charge in [-0.1, -0.05) is 13.8 Å². The highest BCUT2D eigenvalue weighted by atomic mass is 16.5. The highest BCUT2D eigenvalue weighted by Crippen LogP contribution is 1.96. The van der Waals surface area contributed by atoms with E-state index in [1.807, 2.05) is 13.8 Å². The van der Waals surface area contributed by atoms with Gasteiger partial charge in [0.1, 0.15) is 6.04 Å². The Morgan fingerprint density at radius 2 is 2.00 bits per heavy atom. The summed E-state index contributed by atoms with van der Waals surface area (Å²) in [4.78, 5) is 21.9. The van der Waals surface area contributed by atoms with Gasteiger partial charge in [0.15, 0.2) is 0 Å². The Kier molecular flexibility index (Phi) is 7.28. The Hall–Kier alpha value is -1.30. The minimum atomic E-state index is -1.10. The predicted molar refractivity (Wildman–Crippen MR) is 57.2 cm³/mol. The van der Waals surface area contributed by atoms with Gasteiger partial charge in [0, 0.05) is 20.1 Å². The van der Waals surface area contributed by atoms with Crippen LogP contribution in [0.25, 0.3) is 0 Å². The topological polar surface area (TPSA) is 84.9 Å². The molecular formula is C10H19NO5. The van der Waals surface area contributed by atoms with Crippen LogP contribution in [0.2, 0.25) is 0 Å². The lowest BCUT2D eigenvalue weighted by Crippen LogP contribution is -2.42. The molecule has 0 rings (SSSR count). The molecule has 94 valence electrons. The molecule has 16 heavy (non-hydrogen) atoms. The molecule has 0 aliphatic carbocycles. The van der Waals surface area contributed by atoms with Crippen molar-refractivity contribution in [3.63, 3.8) is 0 Å². The van der Waals surface area contributed by atoms with Crippen LogP contribution in [0.3, 0.4) is 0 Å². The lowest BCUT2D eigenvalue weighted by Gasteiger charge is -2.14. The molecule has 0 aromatic heterocycles. The highest BCUT2D eigenvalue weighted by molar-refractivity contribution is 5.79. The van der Waals surface area contributed by atoms with Crippen molar-refractivity contribution in [1.82, 2.24) is 5.32 Å². The van der Waals surface area contributed by atoms with Crippen LogP contribution in [0.15, 0.2) is 0 Å². The van der Waals surface area contributed by atoms with Gasteiger partial charge in [-0.3, -0.25) is 0 Å². The van der Waals surface area contributed by atoms with Crippen molar-refractivity contribution in [2.75, 3.05) is 20.3 Å². The number of aliphatic carboxylic acids is 1. The summed E-state index contributed by atoms with van der Waals surface area (Å²) in [6.45, 7) is 4.32. The average Bonchev–Trinajstić information content (AvgIpc) is 2.20. The number of carboxylic acid groups (broad SMARTS) is 1. The molecule has 0 aromatic carbocycles. The number of alkyl carbamates (subject to hydrolysis) is 1. The van der Waals surface area contributed by atoms with Crippen molar-refractivity contribution in [3.05, 3.63) is 0 Å². The Morgan fingerprint density at radius 3 is 2.44 bits per heavy atom. The third kappa shape index (κ3) is 7.05. The second-order valence-corrected chi connectivity index (χ2v) is 3.81. The zero-order valence-corrected chi connectivity index (χ0v) is 9.86. The third-order valence-corrected chi connectivity index (χ3v) is 1.75. The molecule has 0 saturated carbocycles. The van der Waals surface area contributed by atoms with Crippen LogP contribution < -0.4 is 5.32 Å². The third-order valence-electron chi connectivity index (χ3n) is 1.75. The summed E-state index contributed by atoms with van der Waals surface area (Å²) in [6.07, 6.45) is -0.500. The first kappa shape index (κ1) is 14.7. The molecular weight excluding hydrogens is 214 g/mol. The number of nitrogens with one attached hydrogen (secondary N) is 1. The number of amides is 1. The minimum absolute atomic E-state index is 0.211. The van der Waals surface area contributed by atoms with E-state index in [0.717, 1.165) is 0 Å². The van der Waals surface area contributed by atoms with Crippen LogP contribution in [-0.2, 0) is 14.3 Å². The van der Waals surface area contributed by atoms with Crippen LogP contribution in [0.5, 0.6) is 0 Å². The Balaban J connectivity index is 3.98. The van der Waals surface area contributed by atoms with Gasteiger partial charge in [-0.05, 0) is 5.92 Å². The normalized spacial score (nSPS) is 12.2. The maximum atomic E-state index is 11.2. The molecule has 0 aliphatic heterocycles. The first-order valence-electron chi connectivity index (χ1n) is 5.12. The first-order valence-corrected chi connectivity index (χ1v) is 5.12. The number of hydrogen-bond donors (Lipinski definition) is 2. The largest absolute Gasteiger partial charge is 0.480 e. The van der Waals surface area contributed by atoms with E-state index >= 15 is 0 Å². The number of rotatable bonds is 7. The van der Waals surface area contributed by atoms with Crippen LogP contribution in [0.4, 0.5) is 4.79 Å². The zero-order valence-electron chi connectivity index (χ0n) is 9.86. The summed E-state index contributed by atoms with van der Waals surface area (Å²) >= 11 is 0. The minimum Gasteiger partial charge on any atom is -0.480 e. The first-order chi connectivity index (χ1) is 7.47. The van der Waals surface area contributed by atoms with Crippen molar-refractivity contribution in [3.8, 4) is 0 Å². The zero-order chi connectivity index (χ0) is 12.6. The number of carbonyl (C=O) groups is 2. The van der Waals surface area contributed by atoms with E-state index in [9.17, 15) is 9.59 Å².